The minimum absolute atomic E-state index is 0.192. The van der Waals surface area contributed by atoms with Crippen LogP contribution in [0.5, 0.6) is 28.7 Å². The van der Waals surface area contributed by atoms with Crippen LogP contribution in [0.4, 0.5) is 0 Å². The summed E-state index contributed by atoms with van der Waals surface area (Å²) in [5.41, 5.74) is 1.86. The smallest absolute Gasteiger partial charge is 0.198 e. The number of ketones is 2. The van der Waals surface area contributed by atoms with Gasteiger partial charge in [0.25, 0.3) is 0 Å². The van der Waals surface area contributed by atoms with E-state index in [9.17, 15) is 9.59 Å². The molecular formula is C26H24O7. The van der Waals surface area contributed by atoms with Gasteiger partial charge in [-0.05, 0) is 35.4 Å². The van der Waals surface area contributed by atoms with Gasteiger partial charge in [0, 0.05) is 17.7 Å². The molecule has 0 radical (unpaired) electrons. The van der Waals surface area contributed by atoms with Gasteiger partial charge in [-0.1, -0.05) is 12.1 Å². The van der Waals surface area contributed by atoms with Crippen LogP contribution in [-0.4, -0.2) is 47.1 Å². The Kier molecular flexibility index (Phi) is 5.96. The molecule has 4 rings (SSSR count). The molecule has 3 aromatic carbocycles. The Morgan fingerprint density at radius 3 is 1.70 bits per heavy atom. The lowest BCUT2D eigenvalue weighted by molar-refractivity contribution is 0.0965. The van der Waals surface area contributed by atoms with Crippen molar-refractivity contribution < 1.29 is 33.3 Å². The van der Waals surface area contributed by atoms with Crippen LogP contribution < -0.4 is 23.7 Å². The van der Waals surface area contributed by atoms with Gasteiger partial charge in [-0.15, -0.1) is 0 Å². The van der Waals surface area contributed by atoms with E-state index in [1.807, 2.05) is 12.1 Å². The SMILES string of the molecule is COc1ccc([C@@H]2C(=O)c3c(OC)cc(OC)cc3C(=O)c3c(OC)cc(OC)cc32)cc1. The van der Waals surface area contributed by atoms with Crippen molar-refractivity contribution in [3.63, 3.8) is 0 Å². The highest BCUT2D eigenvalue weighted by Gasteiger charge is 2.39. The molecule has 0 heterocycles. The molecule has 0 bridgehead atoms. The molecule has 33 heavy (non-hydrogen) atoms. The third-order valence-electron chi connectivity index (χ3n) is 5.83. The first-order chi connectivity index (χ1) is 16.0. The van der Waals surface area contributed by atoms with Crippen molar-refractivity contribution >= 4 is 11.6 Å². The molecule has 0 aromatic heterocycles. The Morgan fingerprint density at radius 1 is 0.606 bits per heavy atom. The van der Waals surface area contributed by atoms with Crippen molar-refractivity contribution in [3.05, 3.63) is 76.3 Å². The predicted octanol–water partition coefficient (Wildman–Crippen LogP) is 4.29. The molecule has 7 nitrogen and oxygen atoms in total. The van der Waals surface area contributed by atoms with E-state index in [2.05, 4.69) is 0 Å². The summed E-state index contributed by atoms with van der Waals surface area (Å²) in [7, 11) is 7.52. The number of hydrogen-bond acceptors (Lipinski definition) is 7. The largest absolute Gasteiger partial charge is 0.497 e. The third kappa shape index (κ3) is 3.65. The number of carbonyl (C=O) groups is 2. The first-order valence-electron chi connectivity index (χ1n) is 10.2. The van der Waals surface area contributed by atoms with Crippen LogP contribution in [0.15, 0.2) is 48.5 Å². The van der Waals surface area contributed by atoms with Crippen LogP contribution in [0.2, 0.25) is 0 Å². The van der Waals surface area contributed by atoms with E-state index >= 15 is 0 Å². The molecule has 1 atom stereocenters. The van der Waals surface area contributed by atoms with Crippen LogP contribution in [0.1, 0.15) is 43.3 Å². The number of fused-ring (bicyclic) bond motifs is 2. The van der Waals surface area contributed by atoms with Crippen LogP contribution in [0.3, 0.4) is 0 Å². The highest BCUT2D eigenvalue weighted by Crippen LogP contribution is 2.45. The molecule has 0 aliphatic heterocycles. The van der Waals surface area contributed by atoms with Crippen molar-refractivity contribution in [1.29, 1.82) is 0 Å². The topological polar surface area (TPSA) is 80.3 Å². The van der Waals surface area contributed by atoms with E-state index in [4.69, 9.17) is 23.7 Å². The average Bonchev–Trinajstić information content (AvgIpc) is 2.95. The zero-order valence-corrected chi connectivity index (χ0v) is 19.1. The number of rotatable bonds is 6. The first kappa shape index (κ1) is 22.2. The fourth-order valence-corrected chi connectivity index (χ4v) is 4.21. The van der Waals surface area contributed by atoms with E-state index in [-0.39, 0.29) is 28.4 Å². The maximum atomic E-state index is 14.1. The fourth-order valence-electron chi connectivity index (χ4n) is 4.21. The number of methoxy groups -OCH3 is 5. The lowest BCUT2D eigenvalue weighted by atomic mass is 9.84. The van der Waals surface area contributed by atoms with E-state index in [0.717, 1.165) is 0 Å². The highest BCUT2D eigenvalue weighted by atomic mass is 16.5. The van der Waals surface area contributed by atoms with Gasteiger partial charge in [-0.3, -0.25) is 9.59 Å². The Morgan fingerprint density at radius 2 is 1.15 bits per heavy atom. The zero-order valence-electron chi connectivity index (χ0n) is 19.1. The maximum absolute atomic E-state index is 14.1. The number of ether oxygens (including phenoxy) is 5. The molecule has 0 saturated heterocycles. The lowest BCUT2D eigenvalue weighted by Crippen LogP contribution is -2.16. The third-order valence-corrected chi connectivity index (χ3v) is 5.83. The Bertz CT molecular complexity index is 1230. The second-order valence-electron chi connectivity index (χ2n) is 7.45. The molecule has 0 amide bonds. The lowest BCUT2D eigenvalue weighted by Gasteiger charge is -2.20. The minimum Gasteiger partial charge on any atom is -0.497 e. The van der Waals surface area contributed by atoms with Crippen molar-refractivity contribution in [1.82, 2.24) is 0 Å². The van der Waals surface area contributed by atoms with E-state index in [0.29, 0.717) is 39.7 Å². The molecular weight excluding hydrogens is 424 g/mol. The molecule has 0 spiro atoms. The molecule has 170 valence electrons. The summed E-state index contributed by atoms with van der Waals surface area (Å²) < 4.78 is 27.2. The molecule has 1 aliphatic carbocycles. The van der Waals surface area contributed by atoms with Crippen molar-refractivity contribution in [2.75, 3.05) is 35.5 Å². The average molecular weight is 448 g/mol. The summed E-state index contributed by atoms with van der Waals surface area (Å²) in [5, 5.41) is 0. The van der Waals surface area contributed by atoms with Gasteiger partial charge in [0.15, 0.2) is 11.6 Å². The first-order valence-corrected chi connectivity index (χ1v) is 10.2. The Balaban J connectivity index is 2.10. The highest BCUT2D eigenvalue weighted by molar-refractivity contribution is 6.23. The summed E-state index contributed by atoms with van der Waals surface area (Å²) >= 11 is 0. The second kappa shape index (κ2) is 8.86. The maximum Gasteiger partial charge on any atom is 0.198 e. The van der Waals surface area contributed by atoms with Crippen LogP contribution in [0, 0.1) is 0 Å². The summed E-state index contributed by atoms with van der Waals surface area (Å²) in [5.74, 6) is 0.668. The normalized spacial score (nSPS) is 14.6. The van der Waals surface area contributed by atoms with Gasteiger partial charge in [0.2, 0.25) is 0 Å². The van der Waals surface area contributed by atoms with Gasteiger partial charge in [0.1, 0.15) is 28.7 Å². The summed E-state index contributed by atoms with van der Waals surface area (Å²) in [6, 6.07) is 13.7. The predicted molar refractivity (Wildman–Crippen MR) is 122 cm³/mol. The Hall–Kier alpha value is -4.00. The summed E-state index contributed by atoms with van der Waals surface area (Å²) in [6.45, 7) is 0. The molecule has 1 aliphatic rings. The fraction of sp³-hybridized carbons (Fsp3) is 0.231. The molecule has 7 heteroatoms. The van der Waals surface area contributed by atoms with Crippen LogP contribution in [0.25, 0.3) is 0 Å². The summed E-state index contributed by atoms with van der Waals surface area (Å²) in [6.07, 6.45) is 0. The van der Waals surface area contributed by atoms with E-state index < -0.39 is 5.92 Å². The standard InChI is InChI=1S/C26H24O7/c1-29-15-8-6-14(7-9-15)22-18-10-16(30-2)12-20(32-4)23(18)25(27)19-11-17(31-3)13-21(33-5)24(19)26(22)28/h6-13,22H,1-5H3/t22-/m0/s1. The number of hydrogen-bond donors (Lipinski definition) is 0. The van der Waals surface area contributed by atoms with Gasteiger partial charge in [-0.25, -0.2) is 0 Å². The number of carbonyl (C=O) groups excluding carboxylic acids is 2. The van der Waals surface area contributed by atoms with Gasteiger partial charge in [-0.2, -0.15) is 0 Å². The number of benzene rings is 3. The zero-order chi connectivity index (χ0) is 23.7. The molecule has 0 unspecified atom stereocenters. The molecule has 0 fully saturated rings. The van der Waals surface area contributed by atoms with Crippen LogP contribution >= 0.6 is 0 Å². The monoisotopic (exact) mass is 448 g/mol. The van der Waals surface area contributed by atoms with E-state index in [1.165, 1.54) is 28.4 Å². The van der Waals surface area contributed by atoms with Gasteiger partial charge < -0.3 is 23.7 Å². The Labute approximate surface area is 191 Å². The van der Waals surface area contributed by atoms with E-state index in [1.54, 1.807) is 43.5 Å². The van der Waals surface area contributed by atoms with Crippen molar-refractivity contribution in [2.24, 2.45) is 0 Å². The number of Topliss-reactive ketones (excluding diaryl/α,β-unsaturated/α-hetero) is 1. The van der Waals surface area contributed by atoms with Crippen molar-refractivity contribution in [3.8, 4) is 28.7 Å². The van der Waals surface area contributed by atoms with Gasteiger partial charge in [0.05, 0.1) is 52.6 Å². The molecule has 0 N–H and O–H groups in total. The quantitative estimate of drug-likeness (QED) is 0.557. The van der Waals surface area contributed by atoms with Crippen LogP contribution in [-0.2, 0) is 0 Å². The van der Waals surface area contributed by atoms with Crippen molar-refractivity contribution in [2.45, 2.75) is 5.92 Å². The second-order valence-corrected chi connectivity index (χ2v) is 7.45. The molecule has 0 saturated carbocycles. The van der Waals surface area contributed by atoms with Gasteiger partial charge >= 0.3 is 0 Å². The summed E-state index contributed by atoms with van der Waals surface area (Å²) in [4.78, 5) is 28.0. The molecule has 3 aromatic rings. The minimum atomic E-state index is -0.803.